The number of carbonyl (C=O) groups is 1. The standard InChI is InChI=1S/C18H20F3N5O2/c19-12-3-14(21)13(20)2-11(12)18-15(22)1-10(8-28-18)25-5-9-4-24-26(7-17(23)27)16(9)6-25/h2-4,10,15,18H,1,5-8,22H2,(H2,23,27)/t10?,15?,18-/m1/s1. The highest BCUT2D eigenvalue weighted by Crippen LogP contribution is 2.34. The second-order valence-corrected chi connectivity index (χ2v) is 7.24. The molecule has 0 saturated carbocycles. The summed E-state index contributed by atoms with van der Waals surface area (Å²) in [6, 6.07) is 0.701. The molecule has 2 aliphatic heterocycles. The van der Waals surface area contributed by atoms with Crippen LogP contribution in [0.4, 0.5) is 13.2 Å². The van der Waals surface area contributed by atoms with Gasteiger partial charge in [0.1, 0.15) is 18.5 Å². The maximum absolute atomic E-state index is 14.1. The van der Waals surface area contributed by atoms with Crippen LogP contribution in [0.1, 0.15) is 29.3 Å². The summed E-state index contributed by atoms with van der Waals surface area (Å²) in [4.78, 5) is 13.3. The second kappa shape index (κ2) is 7.19. The Labute approximate surface area is 159 Å². The van der Waals surface area contributed by atoms with E-state index in [1.165, 1.54) is 0 Å². The van der Waals surface area contributed by atoms with E-state index in [0.29, 0.717) is 25.6 Å². The minimum absolute atomic E-state index is 0.0152. The van der Waals surface area contributed by atoms with Crippen molar-refractivity contribution in [2.45, 2.75) is 44.2 Å². The first-order valence-electron chi connectivity index (χ1n) is 8.91. The van der Waals surface area contributed by atoms with E-state index < -0.39 is 35.5 Å². The number of rotatable bonds is 4. The summed E-state index contributed by atoms with van der Waals surface area (Å²) in [5, 5.41) is 4.17. The maximum atomic E-state index is 14.1. The molecule has 4 rings (SSSR count). The Morgan fingerprint density at radius 3 is 2.68 bits per heavy atom. The van der Waals surface area contributed by atoms with Crippen LogP contribution in [0, 0.1) is 17.5 Å². The van der Waals surface area contributed by atoms with Gasteiger partial charge in [-0.15, -0.1) is 0 Å². The molecule has 1 saturated heterocycles. The SMILES string of the molecule is NC(=O)Cn1ncc2c1CN(C1CO[C@H](c3cc(F)c(F)cc3F)C(N)C1)C2. The van der Waals surface area contributed by atoms with Crippen LogP contribution in [0.5, 0.6) is 0 Å². The number of hydrogen-bond donors (Lipinski definition) is 2. The lowest BCUT2D eigenvalue weighted by molar-refractivity contribution is -0.118. The van der Waals surface area contributed by atoms with Crippen molar-refractivity contribution in [1.82, 2.24) is 14.7 Å². The van der Waals surface area contributed by atoms with E-state index in [4.69, 9.17) is 16.2 Å². The van der Waals surface area contributed by atoms with Crippen LogP contribution in [0.15, 0.2) is 18.3 Å². The minimum Gasteiger partial charge on any atom is -0.370 e. The molecule has 2 aliphatic rings. The largest absolute Gasteiger partial charge is 0.370 e. The third kappa shape index (κ3) is 3.38. The van der Waals surface area contributed by atoms with Gasteiger partial charge in [-0.3, -0.25) is 14.4 Å². The zero-order chi connectivity index (χ0) is 20.0. The van der Waals surface area contributed by atoms with Crippen molar-refractivity contribution in [3.8, 4) is 0 Å². The maximum Gasteiger partial charge on any atom is 0.239 e. The van der Waals surface area contributed by atoms with Crippen molar-refractivity contribution in [3.63, 3.8) is 0 Å². The molecule has 1 amide bonds. The smallest absolute Gasteiger partial charge is 0.239 e. The molecule has 28 heavy (non-hydrogen) atoms. The summed E-state index contributed by atoms with van der Waals surface area (Å²) in [5.74, 6) is -3.73. The molecule has 10 heteroatoms. The van der Waals surface area contributed by atoms with Crippen LogP contribution in [-0.2, 0) is 29.2 Å². The lowest BCUT2D eigenvalue weighted by atomic mass is 9.93. The molecule has 0 aliphatic carbocycles. The normalized spacial score (nSPS) is 25.1. The fraction of sp³-hybridized carbons (Fsp3) is 0.444. The average Bonchev–Trinajstić information content (AvgIpc) is 3.20. The van der Waals surface area contributed by atoms with Crippen molar-refractivity contribution in [1.29, 1.82) is 0 Å². The first kappa shape index (κ1) is 18.9. The summed E-state index contributed by atoms with van der Waals surface area (Å²) >= 11 is 0. The van der Waals surface area contributed by atoms with E-state index in [1.807, 2.05) is 0 Å². The van der Waals surface area contributed by atoms with Gasteiger partial charge in [0.05, 0.1) is 18.5 Å². The van der Waals surface area contributed by atoms with Crippen LogP contribution in [-0.4, -0.2) is 39.3 Å². The second-order valence-electron chi connectivity index (χ2n) is 7.24. The van der Waals surface area contributed by atoms with Gasteiger partial charge < -0.3 is 16.2 Å². The molecular formula is C18H20F3N5O2. The number of hydrogen-bond acceptors (Lipinski definition) is 5. The van der Waals surface area contributed by atoms with Crippen LogP contribution in [0.2, 0.25) is 0 Å². The third-order valence-electron chi connectivity index (χ3n) is 5.33. The molecule has 0 spiro atoms. The molecular weight excluding hydrogens is 375 g/mol. The summed E-state index contributed by atoms with van der Waals surface area (Å²) in [6.07, 6.45) is 1.36. The fourth-order valence-corrected chi connectivity index (χ4v) is 3.95. The quantitative estimate of drug-likeness (QED) is 0.752. The van der Waals surface area contributed by atoms with Crippen molar-refractivity contribution >= 4 is 5.91 Å². The minimum atomic E-state index is -1.25. The van der Waals surface area contributed by atoms with Gasteiger partial charge in [-0.2, -0.15) is 5.10 Å². The molecule has 7 nitrogen and oxygen atoms in total. The number of primary amides is 1. The average molecular weight is 395 g/mol. The topological polar surface area (TPSA) is 99.4 Å². The Kier molecular flexibility index (Phi) is 4.86. The van der Waals surface area contributed by atoms with E-state index in [2.05, 4.69) is 10.00 Å². The number of benzene rings is 1. The summed E-state index contributed by atoms with van der Waals surface area (Å²) in [7, 11) is 0. The number of aromatic nitrogens is 2. The van der Waals surface area contributed by atoms with Crippen LogP contribution < -0.4 is 11.5 Å². The molecule has 0 bridgehead atoms. The van der Waals surface area contributed by atoms with Gasteiger partial charge in [0.15, 0.2) is 11.6 Å². The highest BCUT2D eigenvalue weighted by molar-refractivity contribution is 5.73. The van der Waals surface area contributed by atoms with E-state index in [-0.39, 0.29) is 24.8 Å². The van der Waals surface area contributed by atoms with Gasteiger partial charge in [-0.05, 0) is 12.5 Å². The van der Waals surface area contributed by atoms with Gasteiger partial charge in [-0.25, -0.2) is 13.2 Å². The highest BCUT2D eigenvalue weighted by atomic mass is 19.2. The van der Waals surface area contributed by atoms with E-state index in [9.17, 15) is 18.0 Å². The van der Waals surface area contributed by atoms with Gasteiger partial charge >= 0.3 is 0 Å². The Morgan fingerprint density at radius 2 is 1.96 bits per heavy atom. The third-order valence-corrected chi connectivity index (χ3v) is 5.33. The molecule has 150 valence electrons. The van der Waals surface area contributed by atoms with E-state index in [0.717, 1.165) is 17.3 Å². The molecule has 4 N–H and O–H groups in total. The van der Waals surface area contributed by atoms with E-state index >= 15 is 0 Å². The predicted octanol–water partition coefficient (Wildman–Crippen LogP) is 0.959. The number of halogens is 3. The predicted molar refractivity (Wildman–Crippen MR) is 92.1 cm³/mol. The van der Waals surface area contributed by atoms with E-state index in [1.54, 1.807) is 10.9 Å². The monoisotopic (exact) mass is 395 g/mol. The Balaban J connectivity index is 1.44. The fourth-order valence-electron chi connectivity index (χ4n) is 3.95. The molecule has 3 atom stereocenters. The lowest BCUT2D eigenvalue weighted by Gasteiger charge is -2.38. The summed E-state index contributed by atoms with van der Waals surface area (Å²) in [6.45, 7) is 1.47. The zero-order valence-corrected chi connectivity index (χ0v) is 14.9. The molecule has 3 heterocycles. The lowest BCUT2D eigenvalue weighted by Crippen LogP contribution is -2.48. The number of amides is 1. The Bertz CT molecular complexity index is 919. The molecule has 1 aromatic carbocycles. The molecule has 1 fully saturated rings. The first-order valence-corrected chi connectivity index (χ1v) is 8.91. The molecule has 2 unspecified atom stereocenters. The summed E-state index contributed by atoms with van der Waals surface area (Å²) < 4.78 is 48.1. The number of fused-ring (bicyclic) bond motifs is 1. The van der Waals surface area contributed by atoms with Crippen molar-refractivity contribution < 1.29 is 22.7 Å². The number of nitrogens with two attached hydrogens (primary N) is 2. The van der Waals surface area contributed by atoms with Gasteiger partial charge in [0.2, 0.25) is 5.91 Å². The van der Waals surface area contributed by atoms with Gasteiger partial charge in [0.25, 0.3) is 0 Å². The van der Waals surface area contributed by atoms with Gasteiger partial charge in [-0.1, -0.05) is 0 Å². The van der Waals surface area contributed by atoms with Crippen LogP contribution in [0.3, 0.4) is 0 Å². The molecule has 2 aromatic rings. The molecule has 0 radical (unpaired) electrons. The van der Waals surface area contributed by atoms with Crippen molar-refractivity contribution in [2.24, 2.45) is 11.5 Å². The number of ether oxygens (including phenoxy) is 1. The van der Waals surface area contributed by atoms with Gasteiger partial charge in [0, 0.05) is 42.4 Å². The van der Waals surface area contributed by atoms with Crippen molar-refractivity contribution in [2.75, 3.05) is 6.61 Å². The number of carbonyl (C=O) groups excluding carboxylic acids is 1. The number of nitrogens with zero attached hydrogens (tertiary/aromatic N) is 3. The van der Waals surface area contributed by atoms with Crippen LogP contribution >= 0.6 is 0 Å². The highest BCUT2D eigenvalue weighted by Gasteiger charge is 2.37. The summed E-state index contributed by atoms with van der Waals surface area (Å²) in [5.41, 5.74) is 13.3. The van der Waals surface area contributed by atoms with Crippen molar-refractivity contribution in [3.05, 3.63) is 52.6 Å². The molecule has 1 aromatic heterocycles. The van der Waals surface area contributed by atoms with Crippen LogP contribution in [0.25, 0.3) is 0 Å². The first-order chi connectivity index (χ1) is 13.3. The zero-order valence-electron chi connectivity index (χ0n) is 14.9. The Hall–Kier alpha value is -2.43. The Morgan fingerprint density at radius 1 is 1.21 bits per heavy atom.